The number of anilines is 2. The van der Waals surface area contributed by atoms with Crippen molar-refractivity contribution < 1.29 is 9.21 Å². The zero-order valence-corrected chi connectivity index (χ0v) is 17.1. The third-order valence-electron chi connectivity index (χ3n) is 5.23. The highest BCUT2D eigenvalue weighted by Crippen LogP contribution is 2.37. The summed E-state index contributed by atoms with van der Waals surface area (Å²) in [6.45, 7) is 1.83. The van der Waals surface area contributed by atoms with Gasteiger partial charge in [0.2, 0.25) is 11.8 Å². The number of nitriles is 1. The van der Waals surface area contributed by atoms with E-state index in [1.165, 1.54) is 0 Å². The first-order chi connectivity index (χ1) is 15.6. The molecule has 4 aromatic rings. The Bertz CT molecular complexity index is 1350. The molecule has 0 saturated carbocycles. The molecule has 1 amide bonds. The molecular weight excluding hydrogens is 404 g/mol. The second-order valence-corrected chi connectivity index (χ2v) is 7.30. The van der Waals surface area contributed by atoms with E-state index in [-0.39, 0.29) is 5.91 Å². The summed E-state index contributed by atoms with van der Waals surface area (Å²) in [7, 11) is 0. The molecule has 8 nitrogen and oxygen atoms in total. The quantitative estimate of drug-likeness (QED) is 0.506. The van der Waals surface area contributed by atoms with Crippen LogP contribution in [0.15, 0.2) is 88.7 Å². The van der Waals surface area contributed by atoms with Gasteiger partial charge in [0.05, 0.1) is 23.5 Å². The third kappa shape index (κ3) is 3.42. The molecule has 2 aromatic heterocycles. The number of nitrogens with one attached hydrogen (secondary N) is 2. The summed E-state index contributed by atoms with van der Waals surface area (Å²) in [5.74, 6) is 1.18. The van der Waals surface area contributed by atoms with Gasteiger partial charge in [-0.25, -0.2) is 4.68 Å². The fourth-order valence-electron chi connectivity index (χ4n) is 3.72. The van der Waals surface area contributed by atoms with Crippen LogP contribution in [0.4, 0.5) is 11.6 Å². The molecule has 0 aliphatic carbocycles. The fraction of sp³-hybridized carbons (Fsp3) is 0.0833. The summed E-state index contributed by atoms with van der Waals surface area (Å²) in [5.41, 5.74) is 3.20. The lowest BCUT2D eigenvalue weighted by Gasteiger charge is -2.28. The van der Waals surface area contributed by atoms with E-state index in [0.29, 0.717) is 40.1 Å². The number of para-hydroxylation sites is 1. The molecule has 0 spiro atoms. The van der Waals surface area contributed by atoms with Crippen molar-refractivity contribution in [2.75, 3.05) is 10.6 Å². The van der Waals surface area contributed by atoms with E-state index < -0.39 is 6.04 Å². The Balaban J connectivity index is 1.61. The van der Waals surface area contributed by atoms with Gasteiger partial charge in [0.15, 0.2) is 5.76 Å². The van der Waals surface area contributed by atoms with Crippen molar-refractivity contribution in [2.24, 2.45) is 0 Å². The second kappa shape index (κ2) is 7.89. The Labute approximate surface area is 183 Å². The minimum atomic E-state index is -0.543. The average molecular weight is 422 g/mol. The first-order valence-electron chi connectivity index (χ1n) is 9.98. The van der Waals surface area contributed by atoms with Gasteiger partial charge < -0.3 is 15.1 Å². The molecule has 1 aliphatic rings. The summed E-state index contributed by atoms with van der Waals surface area (Å²) < 4.78 is 7.13. The third-order valence-corrected chi connectivity index (χ3v) is 5.23. The number of furan rings is 1. The maximum absolute atomic E-state index is 13.4. The minimum Gasteiger partial charge on any atom is -0.461 e. The van der Waals surface area contributed by atoms with Gasteiger partial charge in [0.25, 0.3) is 5.91 Å². The Morgan fingerprint density at radius 2 is 1.91 bits per heavy atom. The maximum atomic E-state index is 13.4. The first kappa shape index (κ1) is 19.3. The fourth-order valence-corrected chi connectivity index (χ4v) is 3.72. The zero-order chi connectivity index (χ0) is 22.1. The van der Waals surface area contributed by atoms with Gasteiger partial charge in [-0.15, -0.1) is 5.10 Å². The summed E-state index contributed by atoms with van der Waals surface area (Å²) in [6, 6.07) is 21.5. The number of fused-ring (bicyclic) bond motifs is 1. The van der Waals surface area contributed by atoms with E-state index >= 15 is 0 Å². The van der Waals surface area contributed by atoms with Crippen LogP contribution in [0.3, 0.4) is 0 Å². The van der Waals surface area contributed by atoms with Gasteiger partial charge >= 0.3 is 0 Å². The lowest BCUT2D eigenvalue weighted by atomic mass is 9.94. The molecule has 156 valence electrons. The molecule has 8 heteroatoms. The number of allylic oxidation sites excluding steroid dienone is 1. The van der Waals surface area contributed by atoms with Gasteiger partial charge in [-0.1, -0.05) is 30.3 Å². The van der Waals surface area contributed by atoms with Gasteiger partial charge in [-0.05, 0) is 48.9 Å². The van der Waals surface area contributed by atoms with Crippen LogP contribution in [-0.2, 0) is 4.79 Å². The Morgan fingerprint density at radius 1 is 1.12 bits per heavy atom. The number of amides is 1. The molecule has 0 fully saturated rings. The normalized spacial score (nSPS) is 14.9. The predicted octanol–water partition coefficient (Wildman–Crippen LogP) is 4.34. The second-order valence-electron chi connectivity index (χ2n) is 7.30. The molecule has 0 bridgehead atoms. The van der Waals surface area contributed by atoms with Gasteiger partial charge in [-0.2, -0.15) is 10.2 Å². The minimum absolute atomic E-state index is 0.253. The predicted molar refractivity (Wildman–Crippen MR) is 118 cm³/mol. The van der Waals surface area contributed by atoms with E-state index in [1.807, 2.05) is 49.4 Å². The molecule has 32 heavy (non-hydrogen) atoms. The van der Waals surface area contributed by atoms with Crippen LogP contribution in [0.1, 0.15) is 24.1 Å². The van der Waals surface area contributed by atoms with Crippen molar-refractivity contribution in [1.82, 2.24) is 14.8 Å². The summed E-state index contributed by atoms with van der Waals surface area (Å²) >= 11 is 0. The smallest absolute Gasteiger partial charge is 0.255 e. The first-order valence-corrected chi connectivity index (χ1v) is 9.98. The number of benzene rings is 2. The Kier molecular flexibility index (Phi) is 4.76. The molecule has 2 N–H and O–H groups in total. The van der Waals surface area contributed by atoms with Crippen LogP contribution in [0.5, 0.6) is 0 Å². The highest BCUT2D eigenvalue weighted by molar-refractivity contribution is 6.06. The maximum Gasteiger partial charge on any atom is 0.255 e. The lowest BCUT2D eigenvalue weighted by molar-refractivity contribution is -0.113. The number of rotatable bonds is 4. The van der Waals surface area contributed by atoms with Crippen LogP contribution >= 0.6 is 0 Å². The van der Waals surface area contributed by atoms with E-state index in [1.54, 1.807) is 35.2 Å². The summed E-state index contributed by atoms with van der Waals surface area (Å²) in [5, 5.41) is 20.0. The molecule has 5 rings (SSSR count). The van der Waals surface area contributed by atoms with Crippen LogP contribution in [0.2, 0.25) is 0 Å². The van der Waals surface area contributed by atoms with Crippen LogP contribution < -0.4 is 10.6 Å². The summed E-state index contributed by atoms with van der Waals surface area (Å²) in [4.78, 5) is 17.9. The number of nitrogens with zero attached hydrogens (tertiary/aromatic N) is 4. The van der Waals surface area contributed by atoms with E-state index in [4.69, 9.17) is 4.42 Å². The van der Waals surface area contributed by atoms with Gasteiger partial charge in [0.1, 0.15) is 6.04 Å². The summed E-state index contributed by atoms with van der Waals surface area (Å²) in [6.07, 6.45) is 1.56. The van der Waals surface area contributed by atoms with Crippen molar-refractivity contribution >= 4 is 17.5 Å². The number of aromatic nitrogens is 3. The molecule has 3 heterocycles. The van der Waals surface area contributed by atoms with E-state index in [9.17, 15) is 10.1 Å². The largest absolute Gasteiger partial charge is 0.461 e. The molecule has 1 atom stereocenters. The van der Waals surface area contributed by atoms with Crippen LogP contribution in [0.25, 0.3) is 11.6 Å². The van der Waals surface area contributed by atoms with E-state index in [0.717, 1.165) is 5.56 Å². The van der Waals surface area contributed by atoms with Crippen molar-refractivity contribution in [3.63, 3.8) is 0 Å². The van der Waals surface area contributed by atoms with Crippen LogP contribution in [-0.4, -0.2) is 20.7 Å². The molecule has 2 aromatic carbocycles. The SMILES string of the molecule is CC1=C(C(=O)Nc2ccccc2)C(c2ccc(C#N)cc2)n2nc(-c3ccco3)nc2N1. The highest BCUT2D eigenvalue weighted by atomic mass is 16.3. The molecule has 0 radical (unpaired) electrons. The number of carbonyl (C=O) groups excluding carboxylic acids is 1. The van der Waals surface area contributed by atoms with Crippen molar-refractivity contribution in [3.05, 3.63) is 95.4 Å². The zero-order valence-electron chi connectivity index (χ0n) is 17.1. The van der Waals surface area contributed by atoms with Crippen molar-refractivity contribution in [1.29, 1.82) is 5.26 Å². The molecule has 1 aliphatic heterocycles. The van der Waals surface area contributed by atoms with Gasteiger partial charge in [0, 0.05) is 11.4 Å². The average Bonchev–Trinajstić information content (AvgIpc) is 3.49. The number of hydrogen-bond donors (Lipinski definition) is 2. The van der Waals surface area contributed by atoms with Crippen LogP contribution in [0, 0.1) is 11.3 Å². The molecule has 1 unspecified atom stereocenters. The van der Waals surface area contributed by atoms with Crippen molar-refractivity contribution in [3.8, 4) is 17.7 Å². The monoisotopic (exact) mass is 422 g/mol. The Hall–Kier alpha value is -4.64. The number of hydrogen-bond acceptors (Lipinski definition) is 6. The molecule has 0 saturated heterocycles. The van der Waals surface area contributed by atoms with Gasteiger partial charge in [-0.3, -0.25) is 4.79 Å². The Morgan fingerprint density at radius 3 is 2.59 bits per heavy atom. The number of carbonyl (C=O) groups is 1. The standard InChI is InChI=1S/C24H18N6O2/c1-15-20(23(31)27-18-6-3-2-4-7-18)21(17-11-9-16(14-25)10-12-17)30-24(26-15)28-22(29-30)19-8-5-13-32-19/h2-13,21H,1H3,(H,27,31)(H,26,28,29). The lowest BCUT2D eigenvalue weighted by Crippen LogP contribution is -2.31. The highest BCUT2D eigenvalue weighted by Gasteiger charge is 2.34. The topological polar surface area (TPSA) is 109 Å². The van der Waals surface area contributed by atoms with Crippen molar-refractivity contribution in [2.45, 2.75) is 13.0 Å². The van der Waals surface area contributed by atoms with E-state index in [2.05, 4.69) is 26.8 Å². The molecular formula is C24H18N6O2.